The Morgan fingerprint density at radius 2 is 2.00 bits per heavy atom. The van der Waals surface area contributed by atoms with E-state index in [1.54, 1.807) is 4.90 Å². The first-order chi connectivity index (χ1) is 9.70. The fourth-order valence-electron chi connectivity index (χ4n) is 3.01. The van der Waals surface area contributed by atoms with E-state index in [0.717, 1.165) is 12.8 Å². The van der Waals surface area contributed by atoms with Gasteiger partial charge in [-0.05, 0) is 40.0 Å². The zero-order valence-electron chi connectivity index (χ0n) is 13.9. The standard InChI is InChI=1S/C16H30N2O3/c1-5-8-16(14(20)21)9-6-11-18(12-16)13(19)7-10-17-15(2,3)4/h17H,5-12H2,1-4H3,(H,20,21). The molecule has 5 nitrogen and oxygen atoms in total. The maximum atomic E-state index is 12.3. The van der Waals surface area contributed by atoms with Crippen molar-refractivity contribution in [3.05, 3.63) is 0 Å². The van der Waals surface area contributed by atoms with Crippen LogP contribution in [0.4, 0.5) is 0 Å². The Hall–Kier alpha value is -1.10. The molecule has 0 aromatic rings. The average molecular weight is 298 g/mol. The van der Waals surface area contributed by atoms with Crippen molar-refractivity contribution in [1.82, 2.24) is 10.2 Å². The van der Waals surface area contributed by atoms with Gasteiger partial charge in [0.15, 0.2) is 0 Å². The summed E-state index contributed by atoms with van der Waals surface area (Å²) in [6.45, 7) is 9.88. The fraction of sp³-hybridized carbons (Fsp3) is 0.875. The molecule has 2 N–H and O–H groups in total. The molecule has 0 aromatic heterocycles. The number of piperidine rings is 1. The minimum absolute atomic E-state index is 0.00475. The third kappa shape index (κ3) is 5.30. The number of rotatable bonds is 6. The molecule has 1 atom stereocenters. The SMILES string of the molecule is CCCC1(C(=O)O)CCCN(C(=O)CCNC(C)(C)C)C1. The molecule has 1 aliphatic rings. The maximum absolute atomic E-state index is 12.3. The molecule has 1 aliphatic heterocycles. The summed E-state index contributed by atoms with van der Waals surface area (Å²) < 4.78 is 0. The molecule has 1 unspecified atom stereocenters. The first-order valence-electron chi connectivity index (χ1n) is 7.96. The van der Waals surface area contributed by atoms with Crippen molar-refractivity contribution in [2.75, 3.05) is 19.6 Å². The Bertz CT molecular complexity index is 372. The molecular weight excluding hydrogens is 268 g/mol. The number of likely N-dealkylation sites (tertiary alicyclic amines) is 1. The van der Waals surface area contributed by atoms with E-state index in [4.69, 9.17) is 0 Å². The Balaban J connectivity index is 2.58. The number of nitrogens with zero attached hydrogens (tertiary/aromatic N) is 1. The van der Waals surface area contributed by atoms with E-state index >= 15 is 0 Å². The number of aliphatic carboxylic acids is 1. The molecule has 0 aromatic carbocycles. The lowest BCUT2D eigenvalue weighted by Gasteiger charge is -2.40. The summed E-state index contributed by atoms with van der Waals surface area (Å²) in [5, 5.41) is 12.8. The van der Waals surface area contributed by atoms with Crippen molar-refractivity contribution in [3.63, 3.8) is 0 Å². The van der Waals surface area contributed by atoms with Gasteiger partial charge in [-0.1, -0.05) is 13.3 Å². The third-order valence-electron chi connectivity index (χ3n) is 4.11. The molecule has 1 amide bonds. The van der Waals surface area contributed by atoms with Crippen molar-refractivity contribution in [1.29, 1.82) is 0 Å². The van der Waals surface area contributed by atoms with Crippen molar-refractivity contribution in [2.45, 2.75) is 65.3 Å². The lowest BCUT2D eigenvalue weighted by Crippen LogP contribution is -2.50. The van der Waals surface area contributed by atoms with E-state index in [1.807, 2.05) is 6.92 Å². The number of carboxylic acids is 1. The lowest BCUT2D eigenvalue weighted by molar-refractivity contribution is -0.155. The van der Waals surface area contributed by atoms with Gasteiger partial charge >= 0.3 is 5.97 Å². The molecule has 0 aliphatic carbocycles. The van der Waals surface area contributed by atoms with Crippen LogP contribution in [0, 0.1) is 5.41 Å². The number of carbonyl (C=O) groups excluding carboxylic acids is 1. The largest absolute Gasteiger partial charge is 0.481 e. The normalized spacial score (nSPS) is 23.1. The van der Waals surface area contributed by atoms with Gasteiger partial charge in [0, 0.05) is 31.6 Å². The molecule has 1 saturated heterocycles. The van der Waals surface area contributed by atoms with Gasteiger partial charge in [-0.15, -0.1) is 0 Å². The first-order valence-corrected chi connectivity index (χ1v) is 7.96. The zero-order valence-corrected chi connectivity index (χ0v) is 13.9. The second-order valence-corrected chi connectivity index (χ2v) is 7.18. The van der Waals surface area contributed by atoms with E-state index in [2.05, 4.69) is 26.1 Å². The molecule has 0 radical (unpaired) electrons. The molecule has 1 rings (SSSR count). The molecule has 21 heavy (non-hydrogen) atoms. The number of hydrogen-bond acceptors (Lipinski definition) is 3. The fourth-order valence-corrected chi connectivity index (χ4v) is 3.01. The highest BCUT2D eigenvalue weighted by atomic mass is 16.4. The van der Waals surface area contributed by atoms with Crippen LogP contribution in [-0.4, -0.2) is 47.1 Å². The van der Waals surface area contributed by atoms with Crippen molar-refractivity contribution in [3.8, 4) is 0 Å². The molecule has 5 heteroatoms. The second-order valence-electron chi connectivity index (χ2n) is 7.18. The molecule has 0 bridgehead atoms. The van der Waals surface area contributed by atoms with Crippen LogP contribution in [0.25, 0.3) is 0 Å². The molecule has 122 valence electrons. The minimum Gasteiger partial charge on any atom is -0.481 e. The third-order valence-corrected chi connectivity index (χ3v) is 4.11. The minimum atomic E-state index is -0.755. The molecule has 1 heterocycles. The number of nitrogens with one attached hydrogen (secondary N) is 1. The van der Waals surface area contributed by atoms with Crippen LogP contribution in [-0.2, 0) is 9.59 Å². The van der Waals surface area contributed by atoms with E-state index in [9.17, 15) is 14.7 Å². The number of carbonyl (C=O) groups is 2. The zero-order chi connectivity index (χ0) is 16.1. The van der Waals surface area contributed by atoms with Gasteiger partial charge in [-0.2, -0.15) is 0 Å². The van der Waals surface area contributed by atoms with Gasteiger partial charge in [-0.3, -0.25) is 9.59 Å². The van der Waals surface area contributed by atoms with Crippen LogP contribution in [0.3, 0.4) is 0 Å². The average Bonchev–Trinajstić information content (AvgIpc) is 2.37. The summed E-state index contributed by atoms with van der Waals surface area (Å²) in [6, 6.07) is 0. The van der Waals surface area contributed by atoms with E-state index in [-0.39, 0.29) is 11.4 Å². The van der Waals surface area contributed by atoms with E-state index in [1.165, 1.54) is 0 Å². The molecule has 0 spiro atoms. The van der Waals surface area contributed by atoms with Gasteiger partial charge in [0.2, 0.25) is 5.91 Å². The quantitative estimate of drug-likeness (QED) is 0.789. The van der Waals surface area contributed by atoms with Crippen LogP contribution >= 0.6 is 0 Å². The number of amides is 1. The van der Waals surface area contributed by atoms with Crippen LogP contribution in [0.1, 0.15) is 59.8 Å². The van der Waals surface area contributed by atoms with Gasteiger partial charge < -0.3 is 15.3 Å². The van der Waals surface area contributed by atoms with Crippen LogP contribution in [0.2, 0.25) is 0 Å². The molecule has 0 saturated carbocycles. The maximum Gasteiger partial charge on any atom is 0.311 e. The Kier molecular flexibility index (Phi) is 6.20. The van der Waals surface area contributed by atoms with Gasteiger partial charge in [0.05, 0.1) is 5.41 Å². The summed E-state index contributed by atoms with van der Waals surface area (Å²) in [6.07, 6.45) is 3.37. The summed E-state index contributed by atoms with van der Waals surface area (Å²) in [5.74, 6) is -0.692. The van der Waals surface area contributed by atoms with Gasteiger partial charge in [-0.25, -0.2) is 0 Å². The highest BCUT2D eigenvalue weighted by molar-refractivity contribution is 5.79. The Morgan fingerprint density at radius 1 is 1.33 bits per heavy atom. The molecule has 1 fully saturated rings. The van der Waals surface area contributed by atoms with Crippen LogP contribution < -0.4 is 5.32 Å². The highest BCUT2D eigenvalue weighted by Gasteiger charge is 2.42. The second kappa shape index (κ2) is 7.25. The van der Waals surface area contributed by atoms with Crippen molar-refractivity contribution < 1.29 is 14.7 Å². The predicted octanol–water partition coefficient (Wildman–Crippen LogP) is 2.26. The summed E-state index contributed by atoms with van der Waals surface area (Å²) in [4.78, 5) is 25.7. The molecular formula is C16H30N2O3. The number of carboxylic acid groups (broad SMARTS) is 1. The monoisotopic (exact) mass is 298 g/mol. The van der Waals surface area contributed by atoms with Crippen LogP contribution in [0.5, 0.6) is 0 Å². The Morgan fingerprint density at radius 3 is 2.52 bits per heavy atom. The summed E-state index contributed by atoms with van der Waals surface area (Å²) >= 11 is 0. The predicted molar refractivity (Wildman–Crippen MR) is 83.2 cm³/mol. The first kappa shape index (κ1) is 18.0. The van der Waals surface area contributed by atoms with Crippen molar-refractivity contribution >= 4 is 11.9 Å². The van der Waals surface area contributed by atoms with E-state index < -0.39 is 11.4 Å². The highest BCUT2D eigenvalue weighted by Crippen LogP contribution is 2.35. The van der Waals surface area contributed by atoms with Crippen molar-refractivity contribution in [2.24, 2.45) is 5.41 Å². The lowest BCUT2D eigenvalue weighted by atomic mass is 9.76. The number of hydrogen-bond donors (Lipinski definition) is 2. The summed E-state index contributed by atoms with van der Waals surface area (Å²) in [7, 11) is 0. The van der Waals surface area contributed by atoms with E-state index in [0.29, 0.717) is 38.9 Å². The topological polar surface area (TPSA) is 69.6 Å². The van der Waals surface area contributed by atoms with Gasteiger partial charge in [0.1, 0.15) is 0 Å². The van der Waals surface area contributed by atoms with Crippen LogP contribution in [0.15, 0.2) is 0 Å². The Labute approximate surface area is 128 Å². The smallest absolute Gasteiger partial charge is 0.311 e. The summed E-state index contributed by atoms with van der Waals surface area (Å²) in [5.41, 5.74) is -0.741. The van der Waals surface area contributed by atoms with Gasteiger partial charge in [0.25, 0.3) is 0 Å².